The van der Waals surface area contributed by atoms with Crippen LogP contribution in [0.5, 0.6) is 0 Å². The molecule has 6 atom stereocenters. The Kier molecular flexibility index (Phi) is 3.29. The maximum atomic E-state index is 13.7. The quantitative estimate of drug-likeness (QED) is 0.636. The number of rotatable bonds is 1. The molecule has 7 heteroatoms. The molecule has 3 aliphatic carbocycles. The molecule has 1 spiro atoms. The lowest BCUT2D eigenvalue weighted by molar-refractivity contribution is -0.138. The van der Waals surface area contributed by atoms with Crippen LogP contribution in [0.25, 0.3) is 5.57 Å². The number of allylic oxidation sites excluding steroid dienone is 1. The SMILES string of the molecule is CN1C(=O)C2C3C=C4c5ccccc5N(c5ccccc5)C4(C2C1=O)[C@H]1C(=O)N(C)C(=O)[C@@H]31. The smallest absolute Gasteiger partial charge is 0.235 e. The molecular weight excluding hydrogens is 418 g/mol. The van der Waals surface area contributed by atoms with Gasteiger partial charge in [-0.15, -0.1) is 0 Å². The molecule has 8 rings (SSSR count). The second-order valence-electron chi connectivity index (χ2n) is 9.65. The first-order valence-electron chi connectivity index (χ1n) is 11.2. The van der Waals surface area contributed by atoms with Crippen LogP contribution in [-0.2, 0) is 19.2 Å². The third kappa shape index (κ3) is 1.83. The van der Waals surface area contributed by atoms with E-state index in [1.54, 1.807) is 0 Å². The summed E-state index contributed by atoms with van der Waals surface area (Å²) in [4.78, 5) is 58.6. The summed E-state index contributed by atoms with van der Waals surface area (Å²) in [6.07, 6.45) is 2.03. The van der Waals surface area contributed by atoms with Gasteiger partial charge in [-0.25, -0.2) is 0 Å². The van der Waals surface area contributed by atoms with Crippen LogP contribution < -0.4 is 4.90 Å². The zero-order chi connectivity index (χ0) is 22.8. The van der Waals surface area contributed by atoms with Crippen molar-refractivity contribution in [3.63, 3.8) is 0 Å². The number of para-hydroxylation sites is 2. The largest absolute Gasteiger partial charge is 0.329 e. The van der Waals surface area contributed by atoms with Gasteiger partial charge in [0, 0.05) is 37.0 Å². The lowest BCUT2D eigenvalue weighted by Crippen LogP contribution is -2.68. The van der Waals surface area contributed by atoms with Gasteiger partial charge in [0.1, 0.15) is 0 Å². The van der Waals surface area contributed by atoms with Crippen molar-refractivity contribution in [2.24, 2.45) is 29.6 Å². The second-order valence-corrected chi connectivity index (χ2v) is 9.65. The molecule has 0 N–H and O–H groups in total. The minimum atomic E-state index is -1.13. The summed E-state index contributed by atoms with van der Waals surface area (Å²) < 4.78 is 0. The molecule has 2 aromatic rings. The highest BCUT2D eigenvalue weighted by molar-refractivity contribution is 6.17. The number of benzene rings is 2. The average Bonchev–Trinajstić information content (AvgIpc) is 3.37. The van der Waals surface area contributed by atoms with Crippen LogP contribution >= 0.6 is 0 Å². The Morgan fingerprint density at radius 1 is 0.697 bits per heavy atom. The minimum absolute atomic E-state index is 0.262. The number of likely N-dealkylation sites (tertiary alicyclic amines) is 2. The molecular formula is C26H21N3O4. The van der Waals surface area contributed by atoms with Crippen LogP contribution in [0.15, 0.2) is 60.7 Å². The number of hydrogen-bond acceptors (Lipinski definition) is 5. The van der Waals surface area contributed by atoms with E-state index in [2.05, 4.69) is 4.90 Å². The maximum Gasteiger partial charge on any atom is 0.235 e. The van der Waals surface area contributed by atoms with E-state index in [0.717, 1.165) is 22.5 Å². The molecule has 6 aliphatic rings. The second kappa shape index (κ2) is 5.78. The van der Waals surface area contributed by atoms with Crippen molar-refractivity contribution < 1.29 is 19.2 Å². The minimum Gasteiger partial charge on any atom is -0.329 e. The molecule has 3 fully saturated rings. The van der Waals surface area contributed by atoms with Crippen molar-refractivity contribution in [1.82, 2.24) is 9.80 Å². The van der Waals surface area contributed by atoms with Crippen molar-refractivity contribution in [2.75, 3.05) is 19.0 Å². The standard InChI is InChI=1S/C26H21N3O4/c1-27-22(30)18-15-12-16-14-10-6-7-11-17(14)29(13-8-4-3-5-9-13)26(16,20(18)24(27)32)21-19(15)23(31)28(2)25(21)33/h3-12,15,18-21H,1-2H3/t15?,18-,19?,20+,21?,26?/m0/s1. The summed E-state index contributed by atoms with van der Waals surface area (Å²) in [5.41, 5.74) is 2.43. The summed E-state index contributed by atoms with van der Waals surface area (Å²) in [5.74, 6) is -4.35. The van der Waals surface area contributed by atoms with E-state index in [1.807, 2.05) is 60.7 Å². The lowest BCUT2D eigenvalue weighted by atomic mass is 9.47. The zero-order valence-electron chi connectivity index (χ0n) is 18.1. The van der Waals surface area contributed by atoms with Crippen molar-refractivity contribution >= 4 is 40.6 Å². The summed E-state index contributed by atoms with van der Waals surface area (Å²) in [7, 11) is 3.03. The van der Waals surface area contributed by atoms with Crippen molar-refractivity contribution in [1.29, 1.82) is 0 Å². The van der Waals surface area contributed by atoms with E-state index < -0.39 is 35.1 Å². The predicted molar refractivity (Wildman–Crippen MR) is 119 cm³/mol. The van der Waals surface area contributed by atoms with E-state index in [4.69, 9.17) is 0 Å². The number of anilines is 2. The number of fused-ring (bicyclic) bond motifs is 1. The molecule has 1 saturated carbocycles. The van der Waals surface area contributed by atoms with Gasteiger partial charge in [0.15, 0.2) is 0 Å². The van der Waals surface area contributed by atoms with Crippen LogP contribution in [0.1, 0.15) is 5.56 Å². The first-order valence-corrected chi connectivity index (χ1v) is 11.2. The molecule has 2 aromatic carbocycles. The van der Waals surface area contributed by atoms with E-state index in [0.29, 0.717) is 0 Å². The molecule has 4 amide bonds. The third-order valence-electron chi connectivity index (χ3n) is 8.53. The number of carbonyl (C=O) groups is 4. The highest BCUT2D eigenvalue weighted by Crippen LogP contribution is 2.70. The van der Waals surface area contributed by atoms with Crippen LogP contribution in [0.2, 0.25) is 0 Å². The van der Waals surface area contributed by atoms with Gasteiger partial charge in [0.25, 0.3) is 0 Å². The Labute approximate surface area is 190 Å². The molecule has 0 radical (unpaired) electrons. The number of amides is 4. The number of nitrogens with zero attached hydrogens (tertiary/aromatic N) is 3. The molecule has 0 aromatic heterocycles. The molecule has 3 aliphatic heterocycles. The fraction of sp³-hybridized carbons (Fsp3) is 0.308. The van der Waals surface area contributed by atoms with Crippen molar-refractivity contribution in [3.8, 4) is 0 Å². The Balaban J connectivity index is 1.62. The molecule has 3 heterocycles. The van der Waals surface area contributed by atoms with Gasteiger partial charge in [0.2, 0.25) is 23.6 Å². The van der Waals surface area contributed by atoms with Crippen LogP contribution in [0.4, 0.5) is 11.4 Å². The predicted octanol–water partition coefficient (Wildman–Crippen LogP) is 2.07. The summed E-state index contributed by atoms with van der Waals surface area (Å²) in [6, 6.07) is 17.5. The van der Waals surface area contributed by atoms with Crippen LogP contribution in [0.3, 0.4) is 0 Å². The van der Waals surface area contributed by atoms with E-state index in [9.17, 15) is 19.2 Å². The number of hydrogen-bond donors (Lipinski definition) is 0. The normalized spacial score (nSPS) is 35.6. The average molecular weight is 439 g/mol. The van der Waals surface area contributed by atoms with Gasteiger partial charge in [-0.1, -0.05) is 42.5 Å². The van der Waals surface area contributed by atoms with Gasteiger partial charge in [-0.3, -0.25) is 29.0 Å². The summed E-state index contributed by atoms with van der Waals surface area (Å²) in [5, 5.41) is 0. The molecule has 164 valence electrons. The highest BCUT2D eigenvalue weighted by Gasteiger charge is 2.79. The van der Waals surface area contributed by atoms with E-state index in [-0.39, 0.29) is 23.6 Å². The number of carbonyl (C=O) groups excluding carboxylic acids is 4. The van der Waals surface area contributed by atoms with E-state index >= 15 is 0 Å². The maximum absolute atomic E-state index is 13.7. The lowest BCUT2D eigenvalue weighted by Gasteiger charge is -2.57. The fourth-order valence-corrected chi connectivity index (χ4v) is 7.39. The van der Waals surface area contributed by atoms with Gasteiger partial charge in [-0.2, -0.15) is 0 Å². The first kappa shape index (κ1) is 18.8. The fourth-order valence-electron chi connectivity index (χ4n) is 7.39. The third-order valence-corrected chi connectivity index (χ3v) is 8.53. The zero-order valence-corrected chi connectivity index (χ0v) is 18.1. The van der Waals surface area contributed by atoms with Crippen LogP contribution in [0, 0.1) is 29.6 Å². The first-order chi connectivity index (χ1) is 15.9. The molecule has 7 nitrogen and oxygen atoms in total. The van der Waals surface area contributed by atoms with Gasteiger partial charge < -0.3 is 4.90 Å². The highest BCUT2D eigenvalue weighted by atomic mass is 16.2. The summed E-state index contributed by atoms with van der Waals surface area (Å²) in [6.45, 7) is 0. The molecule has 2 bridgehead atoms. The number of imide groups is 2. The van der Waals surface area contributed by atoms with Crippen molar-refractivity contribution in [2.45, 2.75) is 5.54 Å². The molecule has 33 heavy (non-hydrogen) atoms. The Hall–Kier alpha value is -3.74. The van der Waals surface area contributed by atoms with Gasteiger partial charge in [0.05, 0.1) is 29.2 Å². The van der Waals surface area contributed by atoms with Gasteiger partial charge >= 0.3 is 0 Å². The summed E-state index contributed by atoms with van der Waals surface area (Å²) >= 11 is 0. The van der Waals surface area contributed by atoms with Crippen molar-refractivity contribution in [3.05, 3.63) is 66.2 Å². The monoisotopic (exact) mass is 439 g/mol. The Morgan fingerprint density at radius 3 is 1.85 bits per heavy atom. The molecule has 2 saturated heterocycles. The Bertz CT molecular complexity index is 1290. The van der Waals surface area contributed by atoms with E-state index in [1.165, 1.54) is 23.9 Å². The van der Waals surface area contributed by atoms with Crippen LogP contribution in [-0.4, -0.2) is 53.1 Å². The molecule has 4 unspecified atom stereocenters. The Morgan fingerprint density at radius 2 is 1.24 bits per heavy atom. The topological polar surface area (TPSA) is 78.0 Å². The van der Waals surface area contributed by atoms with Gasteiger partial charge in [-0.05, 0) is 23.8 Å².